The first-order chi connectivity index (χ1) is 16.6. The van der Waals surface area contributed by atoms with Gasteiger partial charge in [-0.3, -0.25) is 0 Å². The number of esters is 1. The van der Waals surface area contributed by atoms with Crippen LogP contribution in [-0.2, 0) is 9.47 Å². The molecule has 0 saturated carbocycles. The van der Waals surface area contributed by atoms with Crippen molar-refractivity contribution in [2.75, 3.05) is 27.4 Å². The number of hydrogen-bond donors (Lipinski definition) is 1. The molecule has 0 aliphatic rings. The second-order valence-corrected chi connectivity index (χ2v) is 7.23. The molecule has 5 heteroatoms. The summed E-state index contributed by atoms with van der Waals surface area (Å²) in [6.45, 7) is 0.266. The van der Waals surface area contributed by atoms with Crippen LogP contribution in [0.5, 0.6) is 5.75 Å². The number of hydrogen-bond acceptors (Lipinski definition) is 5. The van der Waals surface area contributed by atoms with Gasteiger partial charge in [-0.25, -0.2) is 4.79 Å². The Morgan fingerprint density at radius 3 is 1.94 bits per heavy atom. The van der Waals surface area contributed by atoms with Gasteiger partial charge in [0.1, 0.15) is 18.5 Å². The summed E-state index contributed by atoms with van der Waals surface area (Å²) in [6.07, 6.45) is 0.130. The highest BCUT2D eigenvalue weighted by atomic mass is 16.5. The second kappa shape index (κ2) is 12.9. The van der Waals surface area contributed by atoms with Gasteiger partial charge in [-0.2, -0.15) is 0 Å². The van der Waals surface area contributed by atoms with Crippen LogP contribution in [0.2, 0.25) is 0 Å². The molecular weight excluding hydrogens is 428 g/mol. The molecular formula is C29H26O5. The number of aliphatic hydroxyl groups is 1. The minimum atomic E-state index is -0.379. The molecule has 0 aliphatic heterocycles. The van der Waals surface area contributed by atoms with Crippen molar-refractivity contribution in [3.8, 4) is 29.4 Å². The first kappa shape index (κ1) is 24.6. The Morgan fingerprint density at radius 2 is 1.38 bits per heavy atom. The smallest absolute Gasteiger partial charge is 0.337 e. The summed E-state index contributed by atoms with van der Waals surface area (Å²) in [4.78, 5) is 11.6. The van der Waals surface area contributed by atoms with Crippen LogP contribution in [0.25, 0.3) is 0 Å². The van der Waals surface area contributed by atoms with Crippen LogP contribution in [0.4, 0.5) is 0 Å². The van der Waals surface area contributed by atoms with Crippen molar-refractivity contribution in [2.24, 2.45) is 0 Å². The highest BCUT2D eigenvalue weighted by Crippen LogP contribution is 2.27. The highest BCUT2D eigenvalue weighted by molar-refractivity contribution is 5.89. The molecule has 1 atom stereocenters. The average molecular weight is 455 g/mol. The first-order valence-electron chi connectivity index (χ1n) is 10.8. The molecule has 172 valence electrons. The molecule has 1 N–H and O–H groups in total. The number of aliphatic hydroxyl groups excluding tert-OH is 1. The van der Waals surface area contributed by atoms with E-state index >= 15 is 0 Å². The maximum atomic E-state index is 11.6. The van der Waals surface area contributed by atoms with E-state index in [1.807, 2.05) is 48.5 Å². The van der Waals surface area contributed by atoms with Gasteiger partial charge in [0, 0.05) is 17.5 Å². The summed E-state index contributed by atoms with van der Waals surface area (Å²) in [5.74, 6) is 12.5. The largest absolute Gasteiger partial charge is 0.497 e. The van der Waals surface area contributed by atoms with E-state index in [0.717, 1.165) is 28.0 Å². The van der Waals surface area contributed by atoms with E-state index in [4.69, 9.17) is 19.3 Å². The highest BCUT2D eigenvalue weighted by Gasteiger charge is 2.15. The normalized spacial score (nSPS) is 10.8. The molecule has 0 amide bonds. The van der Waals surface area contributed by atoms with Gasteiger partial charge in [0.05, 0.1) is 26.4 Å². The molecule has 0 aromatic heterocycles. The Labute approximate surface area is 200 Å². The van der Waals surface area contributed by atoms with E-state index in [2.05, 4.69) is 23.7 Å². The van der Waals surface area contributed by atoms with E-state index in [-0.39, 0.29) is 25.3 Å². The lowest BCUT2D eigenvalue weighted by molar-refractivity contribution is 0.0600. The fraction of sp³-hybridized carbons (Fsp3) is 0.207. The van der Waals surface area contributed by atoms with Crippen LogP contribution in [0.15, 0.2) is 72.8 Å². The first-order valence-corrected chi connectivity index (χ1v) is 10.8. The SMILES string of the molecule is COC(=O)c1ccc(C#CCOC(c2ccc(C#CCCO)cc2)c2ccc(OC)cc2)cc1. The van der Waals surface area contributed by atoms with Gasteiger partial charge in [-0.15, -0.1) is 0 Å². The van der Waals surface area contributed by atoms with E-state index in [9.17, 15) is 4.79 Å². The summed E-state index contributed by atoms with van der Waals surface area (Å²) in [5, 5.41) is 8.89. The average Bonchev–Trinajstić information content (AvgIpc) is 2.89. The molecule has 0 radical (unpaired) electrons. The minimum absolute atomic E-state index is 0.0505. The van der Waals surface area contributed by atoms with Crippen LogP contribution in [-0.4, -0.2) is 38.5 Å². The third-order valence-electron chi connectivity index (χ3n) is 4.96. The van der Waals surface area contributed by atoms with Crippen molar-refractivity contribution in [1.29, 1.82) is 0 Å². The Hall–Kier alpha value is -4.03. The van der Waals surface area contributed by atoms with Crippen molar-refractivity contribution in [3.63, 3.8) is 0 Å². The van der Waals surface area contributed by atoms with Gasteiger partial charge in [-0.1, -0.05) is 47.9 Å². The summed E-state index contributed by atoms with van der Waals surface area (Å²) in [7, 11) is 2.98. The molecule has 1 unspecified atom stereocenters. The Balaban J connectivity index is 1.75. The van der Waals surface area contributed by atoms with Gasteiger partial charge in [0.25, 0.3) is 0 Å². The molecule has 0 heterocycles. The lowest BCUT2D eigenvalue weighted by Crippen LogP contribution is -2.07. The second-order valence-electron chi connectivity index (χ2n) is 7.23. The third kappa shape index (κ3) is 6.98. The van der Waals surface area contributed by atoms with Gasteiger partial charge in [0.15, 0.2) is 0 Å². The van der Waals surface area contributed by atoms with Crippen LogP contribution in [0, 0.1) is 23.7 Å². The van der Waals surface area contributed by atoms with Crippen molar-refractivity contribution < 1.29 is 24.1 Å². The predicted molar refractivity (Wildman–Crippen MR) is 130 cm³/mol. The Kier molecular flexibility index (Phi) is 9.31. The number of carbonyl (C=O) groups is 1. The standard InChI is InChI=1S/C29H26O5/c1-32-27-18-16-25(17-19-27)28(24-12-8-22(9-13-24)6-3-4-20-30)34-21-5-7-23-10-14-26(15-11-23)29(31)33-2/h8-19,28,30H,4,20-21H2,1-2H3. The maximum Gasteiger partial charge on any atom is 0.337 e. The molecule has 5 nitrogen and oxygen atoms in total. The Morgan fingerprint density at radius 1 is 0.824 bits per heavy atom. The zero-order valence-corrected chi connectivity index (χ0v) is 19.2. The van der Waals surface area contributed by atoms with Crippen LogP contribution in [0.3, 0.4) is 0 Å². The molecule has 0 fully saturated rings. The van der Waals surface area contributed by atoms with Gasteiger partial charge >= 0.3 is 5.97 Å². The van der Waals surface area contributed by atoms with Gasteiger partial charge < -0.3 is 19.3 Å². The topological polar surface area (TPSA) is 65.0 Å². The summed E-state index contributed by atoms with van der Waals surface area (Å²) in [5.41, 5.74) is 4.09. The molecule has 3 rings (SSSR count). The van der Waals surface area contributed by atoms with Gasteiger partial charge in [-0.05, 0) is 59.7 Å². The van der Waals surface area contributed by atoms with E-state index in [1.165, 1.54) is 7.11 Å². The van der Waals surface area contributed by atoms with E-state index in [0.29, 0.717) is 12.0 Å². The van der Waals surface area contributed by atoms with Crippen LogP contribution in [0.1, 0.15) is 45.1 Å². The van der Waals surface area contributed by atoms with Crippen molar-refractivity contribution in [3.05, 3.63) is 101 Å². The van der Waals surface area contributed by atoms with Crippen molar-refractivity contribution in [2.45, 2.75) is 12.5 Å². The third-order valence-corrected chi connectivity index (χ3v) is 4.96. The summed E-state index contributed by atoms with van der Waals surface area (Å²) < 4.78 is 16.2. The van der Waals surface area contributed by atoms with Crippen LogP contribution >= 0.6 is 0 Å². The molecule has 0 aliphatic carbocycles. The minimum Gasteiger partial charge on any atom is -0.497 e. The fourth-order valence-electron chi connectivity index (χ4n) is 3.20. The fourth-order valence-corrected chi connectivity index (χ4v) is 3.20. The van der Waals surface area contributed by atoms with Gasteiger partial charge in [0.2, 0.25) is 0 Å². The van der Waals surface area contributed by atoms with E-state index < -0.39 is 0 Å². The summed E-state index contributed by atoms with van der Waals surface area (Å²) in [6, 6.07) is 22.5. The molecule has 0 bridgehead atoms. The zero-order chi connectivity index (χ0) is 24.2. The van der Waals surface area contributed by atoms with E-state index in [1.54, 1.807) is 31.4 Å². The zero-order valence-electron chi connectivity index (χ0n) is 19.2. The molecule has 0 saturated heterocycles. The quantitative estimate of drug-likeness (QED) is 0.424. The molecule has 34 heavy (non-hydrogen) atoms. The molecule has 3 aromatic carbocycles. The number of ether oxygens (including phenoxy) is 3. The monoisotopic (exact) mass is 454 g/mol. The predicted octanol–water partition coefficient (Wildman–Crippen LogP) is 4.37. The maximum absolute atomic E-state index is 11.6. The molecule has 0 spiro atoms. The van der Waals surface area contributed by atoms with Crippen molar-refractivity contribution >= 4 is 5.97 Å². The number of methoxy groups -OCH3 is 2. The number of rotatable bonds is 7. The van der Waals surface area contributed by atoms with Crippen molar-refractivity contribution in [1.82, 2.24) is 0 Å². The van der Waals surface area contributed by atoms with Crippen LogP contribution < -0.4 is 4.74 Å². The number of benzene rings is 3. The Bertz CT molecular complexity index is 1190. The lowest BCUT2D eigenvalue weighted by Gasteiger charge is -2.18. The molecule has 3 aromatic rings. The lowest BCUT2D eigenvalue weighted by atomic mass is 10.00. The summed E-state index contributed by atoms with van der Waals surface area (Å²) >= 11 is 0. The number of carbonyl (C=O) groups excluding carboxylic acids is 1.